The number of nitrogens with one attached hydrogen (secondary N) is 1. The summed E-state index contributed by atoms with van der Waals surface area (Å²) in [5.41, 5.74) is 16.8. The average molecular weight is 553 g/mol. The third kappa shape index (κ3) is 17.0. The largest absolute Gasteiger partial charge is 0.508 e. The van der Waals surface area contributed by atoms with Gasteiger partial charge in [0.25, 0.3) is 0 Å². The lowest BCUT2D eigenvalue weighted by molar-refractivity contribution is -0.139. The number of aromatic hydroxyl groups is 2. The SMILES string of the molecule is NCC(=O)O.N[C@@H](Cc1ccc(O)cc1)C(=O)O.N[C@@H](Cc1ccc(O)cc1)C(=O)O.O=C(O)[C@@H]1CCCN1. The molecule has 0 radical (unpaired) electrons. The summed E-state index contributed by atoms with van der Waals surface area (Å²) in [7, 11) is 0. The van der Waals surface area contributed by atoms with E-state index in [0.717, 1.165) is 30.5 Å². The minimum Gasteiger partial charge on any atom is -0.508 e. The van der Waals surface area contributed by atoms with Crippen molar-refractivity contribution in [3.8, 4) is 11.5 Å². The molecule has 0 spiro atoms. The van der Waals surface area contributed by atoms with Crippen LogP contribution in [0.3, 0.4) is 0 Å². The molecule has 14 heteroatoms. The van der Waals surface area contributed by atoms with Crippen LogP contribution in [0.25, 0.3) is 0 Å². The molecule has 1 saturated heterocycles. The molecule has 0 aromatic heterocycles. The molecule has 2 aromatic carbocycles. The van der Waals surface area contributed by atoms with Crippen molar-refractivity contribution in [3.63, 3.8) is 0 Å². The van der Waals surface area contributed by atoms with Crippen LogP contribution in [0.5, 0.6) is 11.5 Å². The lowest BCUT2D eigenvalue weighted by atomic mass is 10.1. The highest BCUT2D eigenvalue weighted by Gasteiger charge is 2.20. The minimum atomic E-state index is -1.02. The molecule has 3 rings (SSSR count). The van der Waals surface area contributed by atoms with Crippen LogP contribution < -0.4 is 22.5 Å². The Kier molecular flexibility index (Phi) is 16.9. The van der Waals surface area contributed by atoms with Gasteiger partial charge in [-0.25, -0.2) is 0 Å². The van der Waals surface area contributed by atoms with Gasteiger partial charge in [0.1, 0.15) is 29.6 Å². The summed E-state index contributed by atoms with van der Waals surface area (Å²) in [6.07, 6.45) is 2.33. The Balaban J connectivity index is 0.000000523. The highest BCUT2D eigenvalue weighted by atomic mass is 16.4. The predicted molar refractivity (Wildman–Crippen MR) is 140 cm³/mol. The second-order valence-electron chi connectivity index (χ2n) is 8.22. The first kappa shape index (κ1) is 34.8. The molecule has 0 amide bonds. The fraction of sp³-hybridized carbons (Fsp3) is 0.360. The van der Waals surface area contributed by atoms with Gasteiger partial charge in [0.2, 0.25) is 0 Å². The first-order valence-electron chi connectivity index (χ1n) is 11.7. The molecular formula is C25H36N4O10. The van der Waals surface area contributed by atoms with E-state index >= 15 is 0 Å². The number of hydrogen-bond donors (Lipinski definition) is 10. The highest BCUT2D eigenvalue weighted by Crippen LogP contribution is 2.11. The van der Waals surface area contributed by atoms with Gasteiger partial charge < -0.3 is 53.2 Å². The maximum absolute atomic E-state index is 10.4. The Morgan fingerprint density at radius 1 is 0.769 bits per heavy atom. The second kappa shape index (κ2) is 18.9. The van der Waals surface area contributed by atoms with Gasteiger partial charge in [-0.3, -0.25) is 19.2 Å². The van der Waals surface area contributed by atoms with Crippen molar-refractivity contribution in [1.29, 1.82) is 0 Å². The monoisotopic (exact) mass is 552 g/mol. The Bertz CT molecular complexity index is 963. The summed E-state index contributed by atoms with van der Waals surface area (Å²) in [4.78, 5) is 40.2. The van der Waals surface area contributed by atoms with Gasteiger partial charge in [-0.1, -0.05) is 24.3 Å². The van der Waals surface area contributed by atoms with E-state index in [-0.39, 0.29) is 36.9 Å². The van der Waals surface area contributed by atoms with Crippen molar-refractivity contribution >= 4 is 23.9 Å². The number of hydrogen-bond acceptors (Lipinski definition) is 10. The number of carboxylic acids is 4. The summed E-state index contributed by atoms with van der Waals surface area (Å²) >= 11 is 0. The van der Waals surface area contributed by atoms with Gasteiger partial charge in [-0.2, -0.15) is 0 Å². The molecule has 14 nitrogen and oxygen atoms in total. The van der Waals surface area contributed by atoms with Crippen molar-refractivity contribution in [3.05, 3.63) is 59.7 Å². The predicted octanol–water partition coefficient (Wildman–Crippen LogP) is -0.454. The van der Waals surface area contributed by atoms with Crippen LogP contribution in [0.1, 0.15) is 24.0 Å². The molecule has 0 aliphatic carbocycles. The molecule has 1 fully saturated rings. The Morgan fingerprint density at radius 3 is 1.33 bits per heavy atom. The first-order chi connectivity index (χ1) is 18.3. The third-order valence-electron chi connectivity index (χ3n) is 4.95. The van der Waals surface area contributed by atoms with Crippen LogP contribution >= 0.6 is 0 Å². The number of aliphatic carboxylic acids is 4. The third-order valence-corrected chi connectivity index (χ3v) is 4.95. The zero-order valence-electron chi connectivity index (χ0n) is 21.1. The maximum Gasteiger partial charge on any atom is 0.320 e. The molecule has 0 bridgehead atoms. The zero-order chi connectivity index (χ0) is 30.0. The molecule has 1 heterocycles. The van der Waals surface area contributed by atoms with Gasteiger partial charge in [0.15, 0.2) is 0 Å². The lowest BCUT2D eigenvalue weighted by Crippen LogP contribution is -2.32. The Morgan fingerprint density at radius 2 is 1.13 bits per heavy atom. The summed E-state index contributed by atoms with van der Waals surface area (Å²) in [6, 6.07) is 10.6. The smallest absolute Gasteiger partial charge is 0.320 e. The Labute approximate surface area is 224 Å². The van der Waals surface area contributed by atoms with Crippen molar-refractivity contribution in [2.24, 2.45) is 17.2 Å². The Hall–Kier alpha value is -4.24. The molecule has 3 atom stereocenters. The summed E-state index contributed by atoms with van der Waals surface area (Å²) in [5.74, 6) is -3.41. The van der Waals surface area contributed by atoms with Gasteiger partial charge in [0, 0.05) is 0 Å². The van der Waals surface area contributed by atoms with Gasteiger partial charge >= 0.3 is 23.9 Å². The van der Waals surface area contributed by atoms with Gasteiger partial charge in [-0.15, -0.1) is 0 Å². The number of carboxylic acid groups (broad SMARTS) is 4. The van der Waals surface area contributed by atoms with Crippen LogP contribution in [-0.2, 0) is 32.0 Å². The maximum atomic E-state index is 10.4. The van der Waals surface area contributed by atoms with Gasteiger partial charge in [-0.05, 0) is 67.6 Å². The van der Waals surface area contributed by atoms with Crippen LogP contribution in [0, 0.1) is 0 Å². The second-order valence-corrected chi connectivity index (χ2v) is 8.22. The molecule has 0 saturated carbocycles. The summed E-state index contributed by atoms with van der Waals surface area (Å²) < 4.78 is 0. The first-order valence-corrected chi connectivity index (χ1v) is 11.7. The van der Waals surface area contributed by atoms with E-state index in [4.69, 9.17) is 42.1 Å². The topological polar surface area (TPSA) is 280 Å². The van der Waals surface area contributed by atoms with Gasteiger partial charge in [0.05, 0.1) is 6.54 Å². The van der Waals surface area contributed by atoms with Crippen molar-refractivity contribution in [1.82, 2.24) is 5.32 Å². The van der Waals surface area contributed by atoms with Crippen LogP contribution in [0.15, 0.2) is 48.5 Å². The molecule has 13 N–H and O–H groups in total. The normalized spacial score (nSPS) is 15.0. The quantitative estimate of drug-likeness (QED) is 0.198. The van der Waals surface area contributed by atoms with E-state index < -0.39 is 36.0 Å². The summed E-state index contributed by atoms with van der Waals surface area (Å²) in [6.45, 7) is 0.580. The molecule has 216 valence electrons. The number of nitrogens with two attached hydrogens (primary N) is 3. The van der Waals surface area contributed by atoms with Crippen molar-refractivity contribution in [2.75, 3.05) is 13.1 Å². The molecule has 2 aromatic rings. The van der Waals surface area contributed by atoms with Crippen LogP contribution in [0.2, 0.25) is 0 Å². The van der Waals surface area contributed by atoms with E-state index in [9.17, 15) is 19.2 Å². The molecule has 0 unspecified atom stereocenters. The highest BCUT2D eigenvalue weighted by molar-refractivity contribution is 5.74. The van der Waals surface area contributed by atoms with E-state index in [1.807, 2.05) is 0 Å². The standard InChI is InChI=1S/2C9H11NO3.C5H9NO2.C2H5NO2/c2*10-8(9(12)13)5-6-1-3-7(11)4-2-6;7-5(8)4-2-1-3-6-4;3-1-2(4)5/h2*1-4,8,11H,5,10H2,(H,12,13);4,6H,1-3H2,(H,7,8);1,3H2,(H,4,5)/t2*8-;4-;/m000./s1. The van der Waals surface area contributed by atoms with Crippen LogP contribution in [0.4, 0.5) is 0 Å². The van der Waals surface area contributed by atoms with Crippen LogP contribution in [-0.4, -0.2) is 85.7 Å². The van der Waals surface area contributed by atoms with E-state index in [2.05, 4.69) is 11.1 Å². The average Bonchev–Trinajstić information content (AvgIpc) is 3.43. The molecule has 1 aliphatic heterocycles. The minimum absolute atomic E-state index is 0.160. The summed E-state index contributed by atoms with van der Waals surface area (Å²) in [5, 5.41) is 53.8. The van der Waals surface area contributed by atoms with Crippen molar-refractivity contribution in [2.45, 2.75) is 43.8 Å². The number of phenolic OH excluding ortho intramolecular Hbond substituents is 2. The molecular weight excluding hydrogens is 516 g/mol. The number of phenols is 2. The fourth-order valence-corrected chi connectivity index (χ4v) is 2.84. The number of rotatable bonds is 8. The zero-order valence-corrected chi connectivity index (χ0v) is 21.1. The van der Waals surface area contributed by atoms with E-state index in [0.29, 0.717) is 0 Å². The van der Waals surface area contributed by atoms with E-state index in [1.165, 1.54) is 24.3 Å². The fourth-order valence-electron chi connectivity index (χ4n) is 2.84. The molecule has 39 heavy (non-hydrogen) atoms. The number of carbonyl (C=O) groups is 4. The lowest BCUT2D eigenvalue weighted by Gasteiger charge is -2.05. The molecule has 1 aliphatic rings. The van der Waals surface area contributed by atoms with Crippen molar-refractivity contribution < 1.29 is 49.8 Å². The number of benzene rings is 2. The van der Waals surface area contributed by atoms with E-state index in [1.54, 1.807) is 24.3 Å².